The van der Waals surface area contributed by atoms with E-state index < -0.39 is 19.1 Å². The van der Waals surface area contributed by atoms with Gasteiger partial charge >= 0.3 is 6.09 Å². The van der Waals surface area contributed by atoms with E-state index in [1.54, 1.807) is 66.9 Å². The van der Waals surface area contributed by atoms with Crippen molar-refractivity contribution in [3.05, 3.63) is 95.7 Å². The number of carbonyl (C=O) groups is 2. The number of alkyl halides is 1. The summed E-state index contributed by atoms with van der Waals surface area (Å²) in [6.45, 7) is 3.42. The minimum Gasteiger partial charge on any atom is -0.462 e. The number of fused-ring (bicyclic) bond motifs is 1. The number of pyridine rings is 1. The molecule has 0 spiro atoms. The smallest absolute Gasteiger partial charge is 0.416 e. The summed E-state index contributed by atoms with van der Waals surface area (Å²) in [7, 11) is 0. The molecule has 1 N–H and O–H groups in total. The molecule has 2 amide bonds. The summed E-state index contributed by atoms with van der Waals surface area (Å²) in [5.41, 5.74) is 5.16. The Morgan fingerprint density at radius 1 is 1.13 bits per heavy atom. The Balaban J connectivity index is 1.08. The van der Waals surface area contributed by atoms with Crippen molar-refractivity contribution in [1.29, 1.82) is 5.26 Å². The largest absolute Gasteiger partial charge is 0.462 e. The molecule has 10 nitrogen and oxygen atoms in total. The van der Waals surface area contributed by atoms with Crippen molar-refractivity contribution in [2.24, 2.45) is 0 Å². The SMILES string of the molecule is CC(C)c1cc(C#N)cc2nc(-c3ccc(C(=O)NC[C@@H]4CN(c5ccc(-c6ccccc6OCF)cn5)C(=O)O4)cc3)oc12. The van der Waals surface area contributed by atoms with Crippen LogP contribution in [0.2, 0.25) is 0 Å². The van der Waals surface area contributed by atoms with Crippen LogP contribution in [0.25, 0.3) is 33.7 Å². The number of hydrogen-bond acceptors (Lipinski definition) is 8. The molecule has 6 rings (SSSR count). The molecule has 0 saturated carbocycles. The molecule has 226 valence electrons. The van der Waals surface area contributed by atoms with Crippen LogP contribution in [0.1, 0.15) is 41.3 Å². The summed E-state index contributed by atoms with van der Waals surface area (Å²) in [5.74, 6) is 0.994. The molecule has 11 heteroatoms. The van der Waals surface area contributed by atoms with Crippen molar-refractivity contribution < 1.29 is 27.9 Å². The van der Waals surface area contributed by atoms with Crippen LogP contribution in [0, 0.1) is 11.3 Å². The molecular weight excluding hydrogens is 577 g/mol. The highest BCUT2D eigenvalue weighted by molar-refractivity contribution is 5.95. The van der Waals surface area contributed by atoms with Gasteiger partial charge < -0.3 is 19.2 Å². The third-order valence-electron chi connectivity index (χ3n) is 7.46. The van der Waals surface area contributed by atoms with Crippen molar-refractivity contribution in [2.45, 2.75) is 25.9 Å². The lowest BCUT2D eigenvalue weighted by Gasteiger charge is -2.13. The number of carbonyl (C=O) groups excluding carboxylic acids is 2. The van der Waals surface area contributed by atoms with E-state index in [2.05, 4.69) is 21.4 Å². The average Bonchev–Trinajstić information content (AvgIpc) is 3.67. The Morgan fingerprint density at radius 3 is 2.62 bits per heavy atom. The molecule has 1 fully saturated rings. The summed E-state index contributed by atoms with van der Waals surface area (Å²) in [5, 5.41) is 12.2. The lowest BCUT2D eigenvalue weighted by molar-refractivity contribution is 0.0916. The van der Waals surface area contributed by atoms with E-state index in [-0.39, 0.29) is 24.9 Å². The Bertz CT molecular complexity index is 1910. The first-order valence-electron chi connectivity index (χ1n) is 14.3. The van der Waals surface area contributed by atoms with E-state index in [0.29, 0.717) is 56.4 Å². The van der Waals surface area contributed by atoms with Gasteiger partial charge in [-0.05, 0) is 60.5 Å². The first-order valence-corrected chi connectivity index (χ1v) is 14.3. The van der Waals surface area contributed by atoms with Gasteiger partial charge in [0.2, 0.25) is 12.8 Å². The molecular formula is C34H28FN5O5. The number of nitrogens with zero attached hydrogens (tertiary/aromatic N) is 4. The molecule has 1 aliphatic heterocycles. The van der Waals surface area contributed by atoms with Crippen LogP contribution in [0.5, 0.6) is 5.75 Å². The minimum absolute atomic E-state index is 0.110. The predicted octanol–water partition coefficient (Wildman–Crippen LogP) is 6.61. The summed E-state index contributed by atoms with van der Waals surface area (Å²) in [6.07, 6.45) is 0.435. The first-order chi connectivity index (χ1) is 21.8. The Morgan fingerprint density at radius 2 is 1.91 bits per heavy atom. The lowest BCUT2D eigenvalue weighted by atomic mass is 10.00. The van der Waals surface area contributed by atoms with E-state index in [9.17, 15) is 19.2 Å². The maximum atomic E-state index is 12.9. The minimum atomic E-state index is -0.948. The van der Waals surface area contributed by atoms with Crippen LogP contribution in [0.4, 0.5) is 15.0 Å². The average molecular weight is 606 g/mol. The van der Waals surface area contributed by atoms with Gasteiger partial charge in [0.05, 0.1) is 24.7 Å². The summed E-state index contributed by atoms with van der Waals surface area (Å²) >= 11 is 0. The van der Waals surface area contributed by atoms with Crippen LogP contribution in [0.3, 0.4) is 0 Å². The maximum absolute atomic E-state index is 12.9. The molecule has 1 atom stereocenters. The molecule has 0 bridgehead atoms. The molecule has 3 aromatic carbocycles. The quantitative estimate of drug-likeness (QED) is 0.199. The normalized spacial score (nSPS) is 14.4. The van der Waals surface area contributed by atoms with Gasteiger partial charge in [-0.3, -0.25) is 9.69 Å². The predicted molar refractivity (Wildman–Crippen MR) is 164 cm³/mol. The molecule has 1 saturated heterocycles. The third kappa shape index (κ3) is 6.03. The van der Waals surface area contributed by atoms with Crippen molar-refractivity contribution >= 4 is 28.9 Å². The molecule has 0 radical (unpaired) electrons. The number of oxazole rings is 1. The number of anilines is 1. The highest BCUT2D eigenvalue weighted by Gasteiger charge is 2.33. The van der Waals surface area contributed by atoms with Gasteiger partial charge in [-0.15, -0.1) is 0 Å². The van der Waals surface area contributed by atoms with Gasteiger partial charge in [0.25, 0.3) is 5.91 Å². The van der Waals surface area contributed by atoms with E-state index in [0.717, 1.165) is 5.56 Å². The van der Waals surface area contributed by atoms with E-state index in [4.69, 9.17) is 13.9 Å². The first kappa shape index (κ1) is 29.3. The molecule has 0 aliphatic carbocycles. The monoisotopic (exact) mass is 605 g/mol. The third-order valence-corrected chi connectivity index (χ3v) is 7.46. The van der Waals surface area contributed by atoms with E-state index in [1.807, 2.05) is 26.0 Å². The molecule has 1 aliphatic rings. The highest BCUT2D eigenvalue weighted by Crippen LogP contribution is 2.32. The van der Waals surface area contributed by atoms with Crippen LogP contribution in [0.15, 0.2) is 83.4 Å². The molecule has 3 heterocycles. The van der Waals surface area contributed by atoms with Crippen LogP contribution in [-0.4, -0.2) is 48.0 Å². The van der Waals surface area contributed by atoms with Gasteiger partial charge in [-0.1, -0.05) is 32.0 Å². The second-order valence-electron chi connectivity index (χ2n) is 10.8. The van der Waals surface area contributed by atoms with Gasteiger partial charge in [0.1, 0.15) is 23.2 Å². The second kappa shape index (κ2) is 12.5. The van der Waals surface area contributed by atoms with Gasteiger partial charge in [-0.2, -0.15) is 5.26 Å². The van der Waals surface area contributed by atoms with Gasteiger partial charge in [0.15, 0.2) is 5.58 Å². The van der Waals surface area contributed by atoms with Gasteiger partial charge in [0, 0.05) is 34.0 Å². The molecule has 0 unspecified atom stereocenters. The van der Waals surface area contributed by atoms with Gasteiger partial charge in [-0.25, -0.2) is 19.2 Å². The standard InChI is InChI=1S/C34H28FN5O5/c1-20(2)27-13-21(15-36)14-28-31(27)45-33(39-28)23-9-7-22(8-10-23)32(41)38-17-25-18-40(34(42)44-25)30-12-11-24(16-37-30)26-5-3-4-6-29(26)43-19-35/h3-14,16,20,25H,17-19H2,1-2H3,(H,38,41)/t25-/m1/s1. The Labute approximate surface area is 258 Å². The number of rotatable bonds is 9. The number of para-hydroxylation sites is 1. The number of amides is 2. The van der Waals surface area contributed by atoms with Crippen molar-refractivity contribution in [2.75, 3.05) is 24.9 Å². The molecule has 2 aromatic heterocycles. The molecule has 45 heavy (non-hydrogen) atoms. The van der Waals surface area contributed by atoms with Crippen molar-refractivity contribution in [3.63, 3.8) is 0 Å². The second-order valence-corrected chi connectivity index (χ2v) is 10.8. The van der Waals surface area contributed by atoms with Crippen molar-refractivity contribution in [1.82, 2.24) is 15.3 Å². The fourth-order valence-electron chi connectivity index (χ4n) is 5.16. The zero-order valence-corrected chi connectivity index (χ0v) is 24.5. The summed E-state index contributed by atoms with van der Waals surface area (Å²) in [6, 6.07) is 23.0. The van der Waals surface area contributed by atoms with E-state index in [1.165, 1.54) is 4.90 Å². The van der Waals surface area contributed by atoms with E-state index >= 15 is 0 Å². The number of nitrogens with one attached hydrogen (secondary N) is 1. The number of halogens is 1. The summed E-state index contributed by atoms with van der Waals surface area (Å²) < 4.78 is 29.3. The number of hydrogen-bond donors (Lipinski definition) is 1. The zero-order chi connectivity index (χ0) is 31.5. The zero-order valence-electron chi connectivity index (χ0n) is 24.5. The van der Waals surface area contributed by atoms with Crippen molar-refractivity contribution in [3.8, 4) is 34.4 Å². The number of cyclic esters (lactones) is 1. The van der Waals surface area contributed by atoms with Crippen LogP contribution >= 0.6 is 0 Å². The Kier molecular flexibility index (Phi) is 8.12. The number of aromatic nitrogens is 2. The van der Waals surface area contributed by atoms with Crippen LogP contribution < -0.4 is 15.0 Å². The number of nitriles is 1. The number of ether oxygens (including phenoxy) is 2. The number of benzene rings is 3. The Hall–Kier alpha value is -5.76. The maximum Gasteiger partial charge on any atom is 0.416 e. The lowest BCUT2D eigenvalue weighted by Crippen LogP contribution is -2.34. The fraction of sp³-hybridized carbons (Fsp3) is 0.206. The highest BCUT2D eigenvalue weighted by atomic mass is 19.1. The molecule has 5 aromatic rings. The topological polar surface area (TPSA) is 131 Å². The summed E-state index contributed by atoms with van der Waals surface area (Å²) in [4.78, 5) is 35.8. The fourth-order valence-corrected chi connectivity index (χ4v) is 5.16. The van der Waals surface area contributed by atoms with Crippen LogP contribution in [-0.2, 0) is 4.74 Å².